The third-order valence-electron chi connectivity index (χ3n) is 3.94. The Hall–Kier alpha value is -1.81. The zero-order valence-corrected chi connectivity index (χ0v) is 13.4. The van der Waals surface area contributed by atoms with Gasteiger partial charge in [0.05, 0.1) is 7.11 Å². The van der Waals surface area contributed by atoms with Gasteiger partial charge in [-0.25, -0.2) is 0 Å². The summed E-state index contributed by atoms with van der Waals surface area (Å²) in [5, 5.41) is 2.94. The van der Waals surface area contributed by atoms with Crippen LogP contribution in [-0.2, 0) is 4.79 Å². The number of methoxy groups -OCH3 is 1. The summed E-state index contributed by atoms with van der Waals surface area (Å²) in [5.41, 5.74) is 0.990. The predicted octanol–water partition coefficient (Wildman–Crippen LogP) is 2.70. The molecule has 22 heavy (non-hydrogen) atoms. The van der Waals surface area contributed by atoms with E-state index in [-0.39, 0.29) is 5.91 Å². The summed E-state index contributed by atoms with van der Waals surface area (Å²) in [4.78, 5) is 14.2. The highest BCUT2D eigenvalue weighted by Gasteiger charge is 2.08. The summed E-state index contributed by atoms with van der Waals surface area (Å²) in [6.45, 7) is 4.25. The molecule has 120 valence electrons. The number of likely N-dealkylation sites (tertiary alicyclic amines) is 1. The van der Waals surface area contributed by atoms with Crippen LogP contribution in [-0.4, -0.2) is 44.1 Å². The van der Waals surface area contributed by atoms with E-state index in [0.717, 1.165) is 30.8 Å². The average Bonchev–Trinajstić information content (AvgIpc) is 2.58. The van der Waals surface area contributed by atoms with Crippen molar-refractivity contribution >= 4 is 12.0 Å². The van der Waals surface area contributed by atoms with E-state index < -0.39 is 0 Å². The second-order valence-electron chi connectivity index (χ2n) is 5.65. The van der Waals surface area contributed by atoms with Crippen molar-refractivity contribution in [2.45, 2.75) is 25.7 Å². The molecule has 0 unspecified atom stereocenters. The van der Waals surface area contributed by atoms with E-state index in [1.807, 2.05) is 30.3 Å². The first-order valence-electron chi connectivity index (χ1n) is 8.10. The number of hydrogen-bond acceptors (Lipinski definition) is 3. The van der Waals surface area contributed by atoms with Crippen LogP contribution in [0.25, 0.3) is 6.08 Å². The van der Waals surface area contributed by atoms with E-state index >= 15 is 0 Å². The predicted molar refractivity (Wildman–Crippen MR) is 89.9 cm³/mol. The highest BCUT2D eigenvalue weighted by atomic mass is 16.5. The third-order valence-corrected chi connectivity index (χ3v) is 3.94. The lowest BCUT2D eigenvalue weighted by Crippen LogP contribution is -2.33. The van der Waals surface area contributed by atoms with Crippen molar-refractivity contribution in [3.05, 3.63) is 35.9 Å². The molecule has 0 atom stereocenters. The number of carbonyl (C=O) groups excluding carboxylic acids is 1. The van der Waals surface area contributed by atoms with E-state index in [0.29, 0.717) is 0 Å². The van der Waals surface area contributed by atoms with Gasteiger partial charge in [0.1, 0.15) is 5.75 Å². The van der Waals surface area contributed by atoms with Crippen LogP contribution in [0, 0.1) is 0 Å². The molecule has 1 aliphatic rings. The molecular formula is C18H26N2O2. The SMILES string of the molecule is COc1ccc(/C=C/C(=O)NCCCN2CCCCC2)cc1. The van der Waals surface area contributed by atoms with E-state index in [4.69, 9.17) is 4.74 Å². The number of piperidine rings is 1. The van der Waals surface area contributed by atoms with Crippen molar-refractivity contribution in [2.75, 3.05) is 33.3 Å². The second-order valence-corrected chi connectivity index (χ2v) is 5.65. The summed E-state index contributed by atoms with van der Waals surface area (Å²) in [7, 11) is 1.64. The number of carbonyl (C=O) groups is 1. The van der Waals surface area contributed by atoms with Gasteiger partial charge in [-0.05, 0) is 62.7 Å². The summed E-state index contributed by atoms with van der Waals surface area (Å²) >= 11 is 0. The minimum absolute atomic E-state index is 0.0329. The van der Waals surface area contributed by atoms with Crippen LogP contribution >= 0.6 is 0 Å². The number of rotatable bonds is 7. The van der Waals surface area contributed by atoms with E-state index in [1.54, 1.807) is 13.2 Å². The maximum Gasteiger partial charge on any atom is 0.243 e. The number of nitrogens with one attached hydrogen (secondary N) is 1. The Balaban J connectivity index is 1.63. The number of ether oxygens (including phenoxy) is 1. The Morgan fingerprint density at radius 1 is 1.23 bits per heavy atom. The summed E-state index contributed by atoms with van der Waals surface area (Å²) in [6.07, 6.45) is 8.42. The Kier molecular flexibility index (Phi) is 6.97. The molecule has 0 aliphatic carbocycles. The highest BCUT2D eigenvalue weighted by molar-refractivity contribution is 5.91. The van der Waals surface area contributed by atoms with E-state index in [1.165, 1.54) is 32.4 Å². The fraction of sp³-hybridized carbons (Fsp3) is 0.500. The largest absolute Gasteiger partial charge is 0.497 e. The molecule has 1 N–H and O–H groups in total. The fourth-order valence-corrected chi connectivity index (χ4v) is 2.64. The Bertz CT molecular complexity index is 476. The van der Waals surface area contributed by atoms with E-state index in [2.05, 4.69) is 10.2 Å². The molecule has 4 heteroatoms. The van der Waals surface area contributed by atoms with Crippen molar-refractivity contribution in [3.8, 4) is 5.75 Å². The first kappa shape index (κ1) is 16.6. The molecule has 1 aromatic rings. The highest BCUT2D eigenvalue weighted by Crippen LogP contribution is 2.12. The smallest absolute Gasteiger partial charge is 0.243 e. The molecule has 1 heterocycles. The van der Waals surface area contributed by atoms with Crippen LogP contribution < -0.4 is 10.1 Å². The average molecular weight is 302 g/mol. The standard InChI is InChI=1S/C18H26N2O2/c1-22-17-9-6-16(7-10-17)8-11-18(21)19-12-5-15-20-13-3-2-4-14-20/h6-11H,2-5,12-15H2,1H3,(H,19,21)/b11-8+. The normalized spacial score (nSPS) is 15.9. The van der Waals surface area contributed by atoms with Gasteiger partial charge < -0.3 is 15.0 Å². The van der Waals surface area contributed by atoms with Crippen LogP contribution in [0.4, 0.5) is 0 Å². The van der Waals surface area contributed by atoms with Gasteiger partial charge in [-0.1, -0.05) is 18.6 Å². The Morgan fingerprint density at radius 2 is 1.95 bits per heavy atom. The molecule has 0 spiro atoms. The maximum absolute atomic E-state index is 11.8. The van der Waals surface area contributed by atoms with Crippen LogP contribution in [0.15, 0.2) is 30.3 Å². The molecule has 4 nitrogen and oxygen atoms in total. The van der Waals surface area contributed by atoms with Crippen molar-refractivity contribution in [3.63, 3.8) is 0 Å². The van der Waals surface area contributed by atoms with Gasteiger partial charge in [-0.3, -0.25) is 4.79 Å². The van der Waals surface area contributed by atoms with Gasteiger partial charge in [0.15, 0.2) is 0 Å². The first-order chi connectivity index (χ1) is 10.8. The molecule has 0 bridgehead atoms. The molecule has 0 radical (unpaired) electrons. The van der Waals surface area contributed by atoms with Gasteiger partial charge >= 0.3 is 0 Å². The number of amides is 1. The van der Waals surface area contributed by atoms with Crippen LogP contribution in [0.3, 0.4) is 0 Å². The molecule has 2 rings (SSSR count). The molecule has 1 aliphatic heterocycles. The van der Waals surface area contributed by atoms with Crippen molar-refractivity contribution in [1.82, 2.24) is 10.2 Å². The zero-order chi connectivity index (χ0) is 15.6. The first-order valence-corrected chi connectivity index (χ1v) is 8.10. The quantitative estimate of drug-likeness (QED) is 0.622. The molecular weight excluding hydrogens is 276 g/mol. The Labute approximate surface area is 133 Å². The maximum atomic E-state index is 11.8. The molecule has 1 fully saturated rings. The summed E-state index contributed by atoms with van der Waals surface area (Å²) in [5.74, 6) is 0.786. The zero-order valence-electron chi connectivity index (χ0n) is 13.4. The van der Waals surface area contributed by atoms with Crippen molar-refractivity contribution in [2.24, 2.45) is 0 Å². The van der Waals surface area contributed by atoms with Crippen molar-refractivity contribution in [1.29, 1.82) is 0 Å². The molecule has 1 amide bonds. The summed E-state index contributed by atoms with van der Waals surface area (Å²) < 4.78 is 5.10. The van der Waals surface area contributed by atoms with Crippen LogP contribution in [0.5, 0.6) is 5.75 Å². The number of nitrogens with zero attached hydrogens (tertiary/aromatic N) is 1. The molecule has 1 saturated heterocycles. The Morgan fingerprint density at radius 3 is 2.64 bits per heavy atom. The van der Waals surface area contributed by atoms with Gasteiger partial charge in [-0.15, -0.1) is 0 Å². The topological polar surface area (TPSA) is 41.6 Å². The van der Waals surface area contributed by atoms with Gasteiger partial charge in [0.25, 0.3) is 0 Å². The lowest BCUT2D eigenvalue weighted by Gasteiger charge is -2.26. The van der Waals surface area contributed by atoms with Crippen LogP contribution in [0.1, 0.15) is 31.2 Å². The van der Waals surface area contributed by atoms with Gasteiger partial charge in [0, 0.05) is 12.6 Å². The van der Waals surface area contributed by atoms with Gasteiger partial charge in [-0.2, -0.15) is 0 Å². The summed E-state index contributed by atoms with van der Waals surface area (Å²) in [6, 6.07) is 7.63. The molecule has 0 saturated carbocycles. The molecule has 1 aromatic carbocycles. The van der Waals surface area contributed by atoms with Crippen molar-refractivity contribution < 1.29 is 9.53 Å². The van der Waals surface area contributed by atoms with E-state index in [9.17, 15) is 4.79 Å². The second kappa shape index (κ2) is 9.26. The van der Waals surface area contributed by atoms with Crippen LogP contribution in [0.2, 0.25) is 0 Å². The monoisotopic (exact) mass is 302 g/mol. The number of benzene rings is 1. The minimum Gasteiger partial charge on any atom is -0.497 e. The molecule has 0 aromatic heterocycles. The number of hydrogen-bond donors (Lipinski definition) is 1. The lowest BCUT2D eigenvalue weighted by molar-refractivity contribution is -0.116. The lowest BCUT2D eigenvalue weighted by atomic mass is 10.1. The van der Waals surface area contributed by atoms with Gasteiger partial charge in [0.2, 0.25) is 5.91 Å². The third kappa shape index (κ3) is 5.90. The fourth-order valence-electron chi connectivity index (χ4n) is 2.64. The minimum atomic E-state index is -0.0329.